The van der Waals surface area contributed by atoms with Gasteiger partial charge in [0.15, 0.2) is 11.5 Å². The van der Waals surface area contributed by atoms with E-state index in [2.05, 4.69) is 5.32 Å². The Kier molecular flexibility index (Phi) is 6.23. The average molecular weight is 378 g/mol. The lowest BCUT2D eigenvalue weighted by molar-refractivity contribution is 0.0950. The van der Waals surface area contributed by atoms with Gasteiger partial charge in [0, 0.05) is 31.8 Å². The number of nitrogens with zero attached hydrogens (tertiary/aromatic N) is 1. The molecule has 0 saturated carbocycles. The molecule has 8 heteroatoms. The minimum absolute atomic E-state index is 0.0640. The van der Waals surface area contributed by atoms with Crippen molar-refractivity contribution in [2.24, 2.45) is 0 Å². The summed E-state index contributed by atoms with van der Waals surface area (Å²) in [6, 6.07) is 11.3. The van der Waals surface area contributed by atoms with Gasteiger partial charge in [-0.15, -0.1) is 0 Å². The van der Waals surface area contributed by atoms with E-state index in [9.17, 15) is 13.2 Å². The zero-order chi connectivity index (χ0) is 19.3. The summed E-state index contributed by atoms with van der Waals surface area (Å²) in [5.41, 5.74) is 1.01. The first-order valence-corrected chi connectivity index (χ1v) is 9.26. The van der Waals surface area contributed by atoms with Crippen LogP contribution in [0.15, 0.2) is 47.4 Å². The molecule has 0 aliphatic heterocycles. The first-order valence-electron chi connectivity index (χ1n) is 7.82. The molecule has 0 radical (unpaired) electrons. The molecule has 0 bridgehead atoms. The van der Waals surface area contributed by atoms with Crippen LogP contribution >= 0.6 is 0 Å². The number of benzene rings is 2. The first-order chi connectivity index (χ1) is 12.3. The van der Waals surface area contributed by atoms with Crippen LogP contribution in [0.3, 0.4) is 0 Å². The van der Waals surface area contributed by atoms with E-state index in [1.54, 1.807) is 18.2 Å². The first kappa shape index (κ1) is 19.7. The highest BCUT2D eigenvalue weighted by Crippen LogP contribution is 2.30. The second-order valence-corrected chi connectivity index (χ2v) is 7.80. The molecule has 26 heavy (non-hydrogen) atoms. The summed E-state index contributed by atoms with van der Waals surface area (Å²) in [7, 11) is 2.35. The van der Waals surface area contributed by atoms with Crippen LogP contribution in [0.1, 0.15) is 15.9 Å². The molecule has 0 saturated heterocycles. The third-order valence-electron chi connectivity index (χ3n) is 3.80. The van der Waals surface area contributed by atoms with E-state index in [0.29, 0.717) is 11.5 Å². The minimum Gasteiger partial charge on any atom is -0.493 e. The maximum atomic E-state index is 12.4. The van der Waals surface area contributed by atoms with Crippen molar-refractivity contribution >= 4 is 15.9 Å². The van der Waals surface area contributed by atoms with Gasteiger partial charge >= 0.3 is 0 Å². The number of nitrogens with one attached hydrogen (secondary N) is 1. The van der Waals surface area contributed by atoms with Gasteiger partial charge in [-0.3, -0.25) is 4.79 Å². The Morgan fingerprint density at radius 2 is 1.77 bits per heavy atom. The summed E-state index contributed by atoms with van der Waals surface area (Å²) >= 11 is 0. The number of ether oxygens (including phenoxy) is 2. The fourth-order valence-corrected chi connectivity index (χ4v) is 3.33. The molecule has 0 fully saturated rings. The van der Waals surface area contributed by atoms with Gasteiger partial charge in [-0.25, -0.2) is 12.7 Å². The molecule has 2 rings (SSSR count). The van der Waals surface area contributed by atoms with Gasteiger partial charge in [-0.1, -0.05) is 18.2 Å². The van der Waals surface area contributed by atoms with Gasteiger partial charge in [-0.05, 0) is 24.3 Å². The molecule has 0 aromatic heterocycles. The maximum Gasteiger partial charge on any atom is 0.251 e. The van der Waals surface area contributed by atoms with Crippen LogP contribution < -0.4 is 14.8 Å². The molecule has 2 aromatic carbocycles. The molecule has 1 N–H and O–H groups in total. The Morgan fingerprint density at radius 1 is 1.08 bits per heavy atom. The molecule has 0 heterocycles. The van der Waals surface area contributed by atoms with Crippen molar-refractivity contribution in [2.75, 3.05) is 28.3 Å². The number of hydrogen-bond acceptors (Lipinski definition) is 5. The van der Waals surface area contributed by atoms with Crippen LogP contribution in [-0.4, -0.2) is 46.9 Å². The van der Waals surface area contributed by atoms with E-state index >= 15 is 0 Å². The molecule has 1 amide bonds. The number of amides is 1. The van der Waals surface area contributed by atoms with Gasteiger partial charge in [0.1, 0.15) is 0 Å². The molecule has 0 spiro atoms. The lowest BCUT2D eigenvalue weighted by atomic mass is 10.1. The van der Waals surface area contributed by atoms with Crippen LogP contribution in [-0.2, 0) is 16.6 Å². The summed E-state index contributed by atoms with van der Waals surface area (Å²) < 4.78 is 36.1. The zero-order valence-corrected chi connectivity index (χ0v) is 16.0. The topological polar surface area (TPSA) is 84.9 Å². The van der Waals surface area contributed by atoms with Crippen LogP contribution in [0.2, 0.25) is 0 Å². The highest BCUT2D eigenvalue weighted by molar-refractivity contribution is 7.89. The SMILES string of the molecule is COc1cccc(CNC(=O)c2cccc(S(=O)(=O)N(C)C)c2)c1OC. The van der Waals surface area contributed by atoms with E-state index < -0.39 is 10.0 Å². The maximum absolute atomic E-state index is 12.4. The molecular weight excluding hydrogens is 356 g/mol. The number of para-hydroxylation sites is 1. The predicted molar refractivity (Wildman–Crippen MR) is 98.0 cm³/mol. The fourth-order valence-electron chi connectivity index (χ4n) is 2.38. The number of rotatable bonds is 7. The summed E-state index contributed by atoms with van der Waals surface area (Å²) in [5.74, 6) is 0.725. The quantitative estimate of drug-likeness (QED) is 0.795. The summed E-state index contributed by atoms with van der Waals surface area (Å²) in [4.78, 5) is 12.5. The molecule has 0 aliphatic rings. The Balaban J connectivity index is 2.20. The fraction of sp³-hybridized carbons (Fsp3) is 0.278. The largest absolute Gasteiger partial charge is 0.493 e. The Hall–Kier alpha value is -2.58. The smallest absolute Gasteiger partial charge is 0.251 e. The van der Waals surface area contributed by atoms with E-state index in [-0.39, 0.29) is 22.9 Å². The van der Waals surface area contributed by atoms with Crippen molar-refractivity contribution in [1.82, 2.24) is 9.62 Å². The van der Waals surface area contributed by atoms with Crippen molar-refractivity contribution in [1.29, 1.82) is 0 Å². The zero-order valence-electron chi connectivity index (χ0n) is 15.1. The monoisotopic (exact) mass is 378 g/mol. The van der Waals surface area contributed by atoms with Gasteiger partial charge in [0.05, 0.1) is 19.1 Å². The minimum atomic E-state index is -3.60. The number of methoxy groups -OCH3 is 2. The van der Waals surface area contributed by atoms with Gasteiger partial charge in [0.25, 0.3) is 5.91 Å². The molecule has 0 atom stereocenters. The highest BCUT2D eigenvalue weighted by Gasteiger charge is 2.19. The summed E-state index contributed by atoms with van der Waals surface area (Å²) in [5, 5.41) is 2.77. The highest BCUT2D eigenvalue weighted by atomic mass is 32.2. The van der Waals surface area contributed by atoms with Gasteiger partial charge in [0.2, 0.25) is 10.0 Å². The number of carbonyl (C=O) groups excluding carboxylic acids is 1. The van der Waals surface area contributed by atoms with Crippen LogP contribution in [0.4, 0.5) is 0 Å². The van der Waals surface area contributed by atoms with Crippen LogP contribution in [0.5, 0.6) is 11.5 Å². The molecule has 0 aliphatic carbocycles. The predicted octanol–water partition coefficient (Wildman–Crippen LogP) is 1.88. The van der Waals surface area contributed by atoms with E-state index in [1.165, 1.54) is 46.5 Å². The van der Waals surface area contributed by atoms with Crippen LogP contribution in [0.25, 0.3) is 0 Å². The Bertz CT molecular complexity index is 894. The van der Waals surface area contributed by atoms with Crippen LogP contribution in [0, 0.1) is 0 Å². The third kappa shape index (κ3) is 4.14. The number of carbonyl (C=O) groups is 1. The van der Waals surface area contributed by atoms with Crippen molar-refractivity contribution in [2.45, 2.75) is 11.4 Å². The van der Waals surface area contributed by atoms with Gasteiger partial charge in [-0.2, -0.15) is 0 Å². The lowest BCUT2D eigenvalue weighted by Gasteiger charge is -2.14. The Morgan fingerprint density at radius 3 is 2.38 bits per heavy atom. The second-order valence-electron chi connectivity index (χ2n) is 5.65. The van der Waals surface area contributed by atoms with Crippen molar-refractivity contribution in [3.05, 3.63) is 53.6 Å². The molecule has 7 nitrogen and oxygen atoms in total. The number of hydrogen-bond donors (Lipinski definition) is 1. The summed E-state index contributed by atoms with van der Waals surface area (Å²) in [6.45, 7) is 0.212. The molecule has 140 valence electrons. The number of sulfonamides is 1. The van der Waals surface area contributed by atoms with E-state index in [4.69, 9.17) is 9.47 Å². The van der Waals surface area contributed by atoms with E-state index in [1.807, 2.05) is 6.07 Å². The standard InChI is InChI=1S/C18H22N2O5S/c1-20(2)26(22,23)15-9-5-7-13(11-15)18(21)19-12-14-8-6-10-16(24-3)17(14)25-4/h5-11H,12H2,1-4H3,(H,19,21). The van der Waals surface area contributed by atoms with Crippen molar-refractivity contribution in [3.8, 4) is 11.5 Å². The second kappa shape index (κ2) is 8.20. The molecular formula is C18H22N2O5S. The molecule has 2 aromatic rings. The Labute approximate surface area is 153 Å². The summed E-state index contributed by atoms with van der Waals surface area (Å²) in [6.07, 6.45) is 0. The average Bonchev–Trinajstić information content (AvgIpc) is 2.65. The molecule has 0 unspecified atom stereocenters. The van der Waals surface area contributed by atoms with Crippen molar-refractivity contribution in [3.63, 3.8) is 0 Å². The third-order valence-corrected chi connectivity index (χ3v) is 5.61. The van der Waals surface area contributed by atoms with Crippen molar-refractivity contribution < 1.29 is 22.7 Å². The van der Waals surface area contributed by atoms with Gasteiger partial charge < -0.3 is 14.8 Å². The lowest BCUT2D eigenvalue weighted by Crippen LogP contribution is -2.25. The van der Waals surface area contributed by atoms with E-state index in [0.717, 1.165) is 9.87 Å². The normalized spacial score (nSPS) is 11.3.